The van der Waals surface area contributed by atoms with Crippen LogP contribution in [0.15, 0.2) is 54.1 Å². The summed E-state index contributed by atoms with van der Waals surface area (Å²) in [5, 5.41) is 0.684. The molecule has 0 saturated carbocycles. The van der Waals surface area contributed by atoms with E-state index in [1.165, 1.54) is 0 Å². The predicted octanol–water partition coefficient (Wildman–Crippen LogP) is 4.26. The summed E-state index contributed by atoms with van der Waals surface area (Å²) in [6.45, 7) is 2.20. The molecule has 0 bridgehead atoms. The molecule has 0 N–H and O–H groups in total. The maximum atomic E-state index is 12.3. The van der Waals surface area contributed by atoms with E-state index >= 15 is 0 Å². The minimum absolute atomic E-state index is 0.237. The predicted molar refractivity (Wildman–Crippen MR) is 84.3 cm³/mol. The summed E-state index contributed by atoms with van der Waals surface area (Å²) in [4.78, 5) is 12.3. The second-order valence-corrected chi connectivity index (χ2v) is 5.35. The van der Waals surface area contributed by atoms with Crippen LogP contribution >= 0.6 is 11.6 Å². The van der Waals surface area contributed by atoms with Crippen molar-refractivity contribution in [3.63, 3.8) is 0 Å². The molecule has 2 aromatic rings. The van der Waals surface area contributed by atoms with Crippen LogP contribution in [0.5, 0.6) is 0 Å². The molecule has 1 aliphatic carbocycles. The number of hydrogen-bond donors (Lipinski definition) is 0. The summed E-state index contributed by atoms with van der Waals surface area (Å²) in [6, 6.07) is 15.7. The summed E-state index contributed by atoms with van der Waals surface area (Å²) in [7, 11) is 0. The Morgan fingerprint density at radius 2 is 1.86 bits per heavy atom. The Labute approximate surface area is 129 Å². The van der Waals surface area contributed by atoms with Crippen LogP contribution in [-0.2, 0) is 16.0 Å². The standard InChI is InChI=1S/C18H15ClO2/c1-2-21-18(20)16-11-13-5-3-4-6-15(13)17(16)12-7-9-14(19)10-8-12/h3-10H,2,11H2,1H3. The Balaban J connectivity index is 2.14. The Morgan fingerprint density at radius 3 is 2.57 bits per heavy atom. The molecule has 0 fully saturated rings. The van der Waals surface area contributed by atoms with Crippen LogP contribution in [0.1, 0.15) is 23.6 Å². The first-order chi connectivity index (χ1) is 10.2. The third-order valence-corrected chi connectivity index (χ3v) is 3.86. The summed E-state index contributed by atoms with van der Waals surface area (Å²) in [6.07, 6.45) is 0.618. The van der Waals surface area contributed by atoms with Gasteiger partial charge in [-0.2, -0.15) is 0 Å². The van der Waals surface area contributed by atoms with E-state index in [9.17, 15) is 4.79 Å². The maximum Gasteiger partial charge on any atom is 0.334 e. The second-order valence-electron chi connectivity index (χ2n) is 4.91. The average Bonchev–Trinajstić information content (AvgIpc) is 2.88. The zero-order valence-electron chi connectivity index (χ0n) is 11.7. The Hall–Kier alpha value is -2.06. The molecular weight excluding hydrogens is 284 g/mol. The fourth-order valence-corrected chi connectivity index (χ4v) is 2.82. The molecule has 0 saturated heterocycles. The van der Waals surface area contributed by atoms with Crippen molar-refractivity contribution in [2.75, 3.05) is 6.61 Å². The number of fused-ring (bicyclic) bond motifs is 1. The fourth-order valence-electron chi connectivity index (χ4n) is 2.70. The molecule has 0 aliphatic heterocycles. The maximum absolute atomic E-state index is 12.3. The number of esters is 1. The zero-order chi connectivity index (χ0) is 14.8. The zero-order valence-corrected chi connectivity index (χ0v) is 12.5. The Bertz CT molecular complexity index is 714. The van der Waals surface area contributed by atoms with E-state index in [1.54, 1.807) is 0 Å². The fraction of sp³-hybridized carbons (Fsp3) is 0.167. The normalized spacial score (nSPS) is 13.2. The van der Waals surface area contributed by atoms with Gasteiger partial charge in [0.2, 0.25) is 0 Å². The van der Waals surface area contributed by atoms with Gasteiger partial charge in [-0.25, -0.2) is 4.79 Å². The number of hydrogen-bond acceptors (Lipinski definition) is 2. The van der Waals surface area contributed by atoms with Gasteiger partial charge in [-0.1, -0.05) is 48.0 Å². The molecule has 0 heterocycles. The Kier molecular flexibility index (Phi) is 3.80. The number of halogens is 1. The van der Waals surface area contributed by atoms with Crippen LogP contribution in [0.2, 0.25) is 5.02 Å². The number of carbonyl (C=O) groups is 1. The third kappa shape index (κ3) is 2.59. The van der Waals surface area contributed by atoms with Gasteiger partial charge in [0, 0.05) is 17.0 Å². The van der Waals surface area contributed by atoms with Crippen molar-refractivity contribution in [1.82, 2.24) is 0 Å². The number of benzene rings is 2. The van der Waals surface area contributed by atoms with Crippen molar-refractivity contribution in [2.45, 2.75) is 13.3 Å². The van der Waals surface area contributed by atoms with E-state index in [0.717, 1.165) is 27.8 Å². The highest BCUT2D eigenvalue weighted by Gasteiger charge is 2.27. The quantitative estimate of drug-likeness (QED) is 0.791. The summed E-state index contributed by atoms with van der Waals surface area (Å²) >= 11 is 5.96. The third-order valence-electron chi connectivity index (χ3n) is 3.61. The molecule has 3 rings (SSSR count). The van der Waals surface area contributed by atoms with E-state index in [1.807, 2.05) is 49.4 Å². The monoisotopic (exact) mass is 298 g/mol. The lowest BCUT2D eigenvalue weighted by atomic mass is 9.97. The lowest BCUT2D eigenvalue weighted by Gasteiger charge is -2.09. The summed E-state index contributed by atoms with van der Waals surface area (Å²) in [5.41, 5.74) is 4.93. The molecule has 0 spiro atoms. The molecular formula is C18H15ClO2. The van der Waals surface area contributed by atoms with E-state index in [-0.39, 0.29) is 5.97 Å². The lowest BCUT2D eigenvalue weighted by Crippen LogP contribution is -2.09. The molecule has 106 valence electrons. The average molecular weight is 299 g/mol. The van der Waals surface area contributed by atoms with Crippen molar-refractivity contribution in [2.24, 2.45) is 0 Å². The second kappa shape index (κ2) is 5.74. The smallest absolute Gasteiger partial charge is 0.334 e. The molecule has 0 aromatic heterocycles. The topological polar surface area (TPSA) is 26.3 Å². The first-order valence-electron chi connectivity index (χ1n) is 6.95. The molecule has 0 amide bonds. The molecule has 2 aromatic carbocycles. The minimum Gasteiger partial charge on any atom is -0.463 e. The van der Waals surface area contributed by atoms with E-state index in [4.69, 9.17) is 16.3 Å². The van der Waals surface area contributed by atoms with Crippen LogP contribution in [0.25, 0.3) is 5.57 Å². The van der Waals surface area contributed by atoms with Gasteiger partial charge in [0.25, 0.3) is 0 Å². The SMILES string of the molecule is CCOC(=O)C1=C(c2ccc(Cl)cc2)c2ccccc2C1. The summed E-state index contributed by atoms with van der Waals surface area (Å²) < 4.78 is 5.21. The van der Waals surface area contributed by atoms with E-state index in [2.05, 4.69) is 6.07 Å². The minimum atomic E-state index is -0.237. The Morgan fingerprint density at radius 1 is 1.14 bits per heavy atom. The van der Waals surface area contributed by atoms with Gasteiger partial charge in [0.05, 0.1) is 6.61 Å². The molecule has 2 nitrogen and oxygen atoms in total. The van der Waals surface area contributed by atoms with Gasteiger partial charge in [0.1, 0.15) is 0 Å². The number of ether oxygens (including phenoxy) is 1. The lowest BCUT2D eigenvalue weighted by molar-refractivity contribution is -0.138. The van der Waals surface area contributed by atoms with Gasteiger partial charge < -0.3 is 4.74 Å². The molecule has 1 aliphatic rings. The van der Waals surface area contributed by atoms with Crippen molar-refractivity contribution < 1.29 is 9.53 Å². The van der Waals surface area contributed by atoms with Crippen molar-refractivity contribution >= 4 is 23.1 Å². The van der Waals surface area contributed by atoms with Gasteiger partial charge >= 0.3 is 5.97 Å². The highest BCUT2D eigenvalue weighted by molar-refractivity contribution is 6.30. The van der Waals surface area contributed by atoms with Gasteiger partial charge in [-0.05, 0) is 41.3 Å². The van der Waals surface area contributed by atoms with Crippen molar-refractivity contribution in [1.29, 1.82) is 0 Å². The van der Waals surface area contributed by atoms with Gasteiger partial charge in [-0.15, -0.1) is 0 Å². The van der Waals surface area contributed by atoms with Crippen molar-refractivity contribution in [3.05, 3.63) is 75.8 Å². The van der Waals surface area contributed by atoms with Crippen LogP contribution in [0.3, 0.4) is 0 Å². The van der Waals surface area contributed by atoms with Crippen LogP contribution < -0.4 is 0 Å². The number of carbonyl (C=O) groups excluding carboxylic acids is 1. The number of rotatable bonds is 3. The van der Waals surface area contributed by atoms with Gasteiger partial charge in [-0.3, -0.25) is 0 Å². The highest BCUT2D eigenvalue weighted by atomic mass is 35.5. The van der Waals surface area contributed by atoms with Crippen LogP contribution in [0.4, 0.5) is 0 Å². The first kappa shape index (κ1) is 13.9. The van der Waals surface area contributed by atoms with Gasteiger partial charge in [0.15, 0.2) is 0 Å². The largest absolute Gasteiger partial charge is 0.463 e. The van der Waals surface area contributed by atoms with Crippen LogP contribution in [0, 0.1) is 0 Å². The molecule has 0 atom stereocenters. The van der Waals surface area contributed by atoms with E-state index < -0.39 is 0 Å². The van der Waals surface area contributed by atoms with Crippen molar-refractivity contribution in [3.8, 4) is 0 Å². The molecule has 3 heteroatoms. The first-order valence-corrected chi connectivity index (χ1v) is 7.33. The molecule has 0 unspecified atom stereocenters. The van der Waals surface area contributed by atoms with E-state index in [0.29, 0.717) is 18.1 Å². The molecule has 0 radical (unpaired) electrons. The summed E-state index contributed by atoms with van der Waals surface area (Å²) in [5.74, 6) is -0.237. The molecule has 21 heavy (non-hydrogen) atoms. The highest BCUT2D eigenvalue weighted by Crippen LogP contribution is 2.38. The van der Waals surface area contributed by atoms with Crippen LogP contribution in [-0.4, -0.2) is 12.6 Å².